The van der Waals surface area contributed by atoms with Crippen molar-refractivity contribution in [2.75, 3.05) is 59.1 Å². The third kappa shape index (κ3) is 5.61. The number of alkyl halides is 3. The van der Waals surface area contributed by atoms with Gasteiger partial charge in [-0.25, -0.2) is 18.9 Å². The molecule has 4 heterocycles. The molecule has 1 aromatic carbocycles. The van der Waals surface area contributed by atoms with Crippen molar-refractivity contribution in [1.29, 1.82) is 0 Å². The van der Waals surface area contributed by atoms with Gasteiger partial charge in [-0.15, -0.1) is 0 Å². The summed E-state index contributed by atoms with van der Waals surface area (Å²) in [6.45, 7) is 4.32. The largest absolute Gasteiger partial charge is 0.419 e. The zero-order valence-electron chi connectivity index (χ0n) is 22.0. The number of carbonyl (C=O) groups excluding carboxylic acids is 1. The minimum absolute atomic E-state index is 0.0272. The predicted octanol–water partition coefficient (Wildman–Crippen LogP) is 3.52. The summed E-state index contributed by atoms with van der Waals surface area (Å²) in [6, 6.07) is 8.27. The van der Waals surface area contributed by atoms with Gasteiger partial charge < -0.3 is 15.5 Å². The number of fused-ring (bicyclic) bond motifs is 1. The second-order valence-electron chi connectivity index (χ2n) is 9.92. The van der Waals surface area contributed by atoms with Crippen molar-refractivity contribution in [3.63, 3.8) is 0 Å². The molecule has 1 aliphatic heterocycles. The Morgan fingerprint density at radius 1 is 1.00 bits per heavy atom. The van der Waals surface area contributed by atoms with E-state index in [0.717, 1.165) is 32.2 Å². The number of benzene rings is 1. The van der Waals surface area contributed by atoms with Crippen LogP contribution in [0, 0.1) is 5.82 Å². The Balaban J connectivity index is 1.38. The normalized spacial score (nSPS) is 14.8. The third-order valence-electron chi connectivity index (χ3n) is 6.90. The first-order valence-corrected chi connectivity index (χ1v) is 12.7. The van der Waals surface area contributed by atoms with E-state index in [1.807, 2.05) is 14.1 Å². The number of imidazole rings is 1. The van der Waals surface area contributed by atoms with Gasteiger partial charge in [-0.05, 0) is 44.4 Å². The van der Waals surface area contributed by atoms with Crippen LogP contribution in [0.5, 0.6) is 0 Å². The van der Waals surface area contributed by atoms with E-state index in [9.17, 15) is 18.0 Å². The first-order valence-electron chi connectivity index (χ1n) is 12.7. The van der Waals surface area contributed by atoms with Crippen LogP contribution in [0.4, 0.5) is 23.4 Å². The standard InChI is InChI=1S/C27H28F4N8O/c1-36(2)7-8-37-9-11-38(12-10-37)26(40)19-4-3-17(14-21(19)28)23-16-33-24-6-5-22(35-39(23)24)18-13-20(27(29,30)31)25(32)34-15-18/h3-6,13-16H,7-12H2,1-2H3,(H2,32,34). The van der Waals surface area contributed by atoms with E-state index in [4.69, 9.17) is 5.73 Å². The van der Waals surface area contributed by atoms with Gasteiger partial charge in [-0.3, -0.25) is 9.69 Å². The van der Waals surface area contributed by atoms with Gasteiger partial charge in [0.15, 0.2) is 5.65 Å². The molecule has 0 unspecified atom stereocenters. The van der Waals surface area contributed by atoms with Gasteiger partial charge in [0.2, 0.25) is 0 Å². The van der Waals surface area contributed by atoms with Crippen molar-refractivity contribution in [2.24, 2.45) is 0 Å². The lowest BCUT2D eigenvalue weighted by atomic mass is 10.1. The van der Waals surface area contributed by atoms with Crippen LogP contribution < -0.4 is 5.73 Å². The lowest BCUT2D eigenvalue weighted by Crippen LogP contribution is -2.50. The highest BCUT2D eigenvalue weighted by Gasteiger charge is 2.34. The van der Waals surface area contributed by atoms with Crippen LogP contribution in [0.15, 0.2) is 48.8 Å². The molecule has 0 atom stereocenters. The highest BCUT2D eigenvalue weighted by Crippen LogP contribution is 2.35. The number of rotatable bonds is 6. The molecule has 40 heavy (non-hydrogen) atoms. The highest BCUT2D eigenvalue weighted by molar-refractivity contribution is 5.95. The lowest BCUT2D eigenvalue weighted by Gasteiger charge is -2.35. The summed E-state index contributed by atoms with van der Waals surface area (Å²) in [5.74, 6) is -1.68. The summed E-state index contributed by atoms with van der Waals surface area (Å²) in [4.78, 5) is 27.0. The third-order valence-corrected chi connectivity index (χ3v) is 6.90. The maximum absolute atomic E-state index is 15.2. The Labute approximate surface area is 227 Å². The molecular weight excluding hydrogens is 528 g/mol. The van der Waals surface area contributed by atoms with Gasteiger partial charge >= 0.3 is 6.18 Å². The molecule has 1 fully saturated rings. The summed E-state index contributed by atoms with van der Waals surface area (Å²) >= 11 is 0. The Hall–Kier alpha value is -4.10. The molecule has 0 spiro atoms. The molecule has 9 nitrogen and oxygen atoms in total. The monoisotopic (exact) mass is 556 g/mol. The smallest absolute Gasteiger partial charge is 0.383 e. The van der Waals surface area contributed by atoms with Crippen LogP contribution in [0.1, 0.15) is 15.9 Å². The molecule has 210 valence electrons. The molecule has 3 aromatic heterocycles. The number of carbonyl (C=O) groups is 1. The molecule has 1 amide bonds. The number of nitrogen functional groups attached to an aromatic ring is 1. The van der Waals surface area contributed by atoms with E-state index in [1.54, 1.807) is 17.0 Å². The maximum Gasteiger partial charge on any atom is 0.419 e. The lowest BCUT2D eigenvalue weighted by molar-refractivity contribution is -0.137. The van der Waals surface area contributed by atoms with Gasteiger partial charge in [0.1, 0.15) is 11.6 Å². The van der Waals surface area contributed by atoms with Crippen LogP contribution in [0.25, 0.3) is 28.2 Å². The number of amides is 1. The fourth-order valence-electron chi connectivity index (χ4n) is 4.60. The Bertz CT molecular complexity index is 1540. The summed E-state index contributed by atoms with van der Waals surface area (Å²) in [5, 5.41) is 4.43. The molecule has 4 aromatic rings. The topological polar surface area (TPSA) is 95.9 Å². The van der Waals surface area contributed by atoms with Crippen LogP contribution in [0.2, 0.25) is 0 Å². The molecule has 1 aliphatic rings. The van der Waals surface area contributed by atoms with Crippen molar-refractivity contribution < 1.29 is 22.4 Å². The first kappa shape index (κ1) is 27.5. The number of hydrogen-bond acceptors (Lipinski definition) is 7. The quantitative estimate of drug-likeness (QED) is 0.363. The number of anilines is 1. The zero-order chi connectivity index (χ0) is 28.6. The number of aromatic nitrogens is 4. The fraction of sp³-hybridized carbons (Fsp3) is 0.333. The average Bonchev–Trinajstić information content (AvgIpc) is 3.35. The fourth-order valence-corrected chi connectivity index (χ4v) is 4.60. The second kappa shape index (κ2) is 10.8. The maximum atomic E-state index is 15.2. The SMILES string of the molecule is CN(C)CCN1CCN(C(=O)c2ccc(-c3cnc4ccc(-c5cnc(N)c(C(F)(F)F)c5)nn34)cc2F)CC1. The second-order valence-corrected chi connectivity index (χ2v) is 9.92. The zero-order valence-corrected chi connectivity index (χ0v) is 22.0. The summed E-state index contributed by atoms with van der Waals surface area (Å²) in [7, 11) is 4.02. The molecule has 5 rings (SSSR count). The van der Waals surface area contributed by atoms with E-state index >= 15 is 4.39 Å². The average molecular weight is 557 g/mol. The van der Waals surface area contributed by atoms with E-state index in [1.165, 1.54) is 35.1 Å². The Kier molecular flexibility index (Phi) is 7.43. The molecule has 0 saturated carbocycles. The number of halogens is 4. The van der Waals surface area contributed by atoms with Gasteiger partial charge in [-0.1, -0.05) is 6.07 Å². The summed E-state index contributed by atoms with van der Waals surface area (Å²) < 4.78 is 56.6. The van der Waals surface area contributed by atoms with Gasteiger partial charge in [0.25, 0.3) is 5.91 Å². The molecule has 0 aliphatic carbocycles. The molecule has 0 bridgehead atoms. The summed E-state index contributed by atoms with van der Waals surface area (Å²) in [5.41, 5.74) is 5.86. The minimum Gasteiger partial charge on any atom is -0.383 e. The van der Waals surface area contributed by atoms with Gasteiger partial charge in [0, 0.05) is 56.6 Å². The Morgan fingerprint density at radius 3 is 2.42 bits per heavy atom. The summed E-state index contributed by atoms with van der Waals surface area (Å²) in [6.07, 6.45) is -1.98. The van der Waals surface area contributed by atoms with Crippen molar-refractivity contribution in [1.82, 2.24) is 34.3 Å². The van der Waals surface area contributed by atoms with Gasteiger partial charge in [-0.2, -0.15) is 18.3 Å². The van der Waals surface area contributed by atoms with E-state index < -0.39 is 23.4 Å². The van der Waals surface area contributed by atoms with Crippen LogP contribution >= 0.6 is 0 Å². The number of pyridine rings is 1. The molecular formula is C27H28F4N8O. The molecule has 1 saturated heterocycles. The van der Waals surface area contributed by atoms with Crippen LogP contribution in [0.3, 0.4) is 0 Å². The van der Waals surface area contributed by atoms with E-state index in [-0.39, 0.29) is 22.7 Å². The van der Waals surface area contributed by atoms with Crippen molar-refractivity contribution in [2.45, 2.75) is 6.18 Å². The van der Waals surface area contributed by atoms with E-state index in [0.29, 0.717) is 30.0 Å². The van der Waals surface area contributed by atoms with Crippen molar-refractivity contribution in [3.05, 3.63) is 65.7 Å². The van der Waals surface area contributed by atoms with E-state index in [2.05, 4.69) is 24.9 Å². The van der Waals surface area contributed by atoms with Gasteiger partial charge in [0.05, 0.1) is 28.7 Å². The minimum atomic E-state index is -4.67. The Morgan fingerprint density at radius 2 is 1.75 bits per heavy atom. The first-order chi connectivity index (χ1) is 19.0. The van der Waals surface area contributed by atoms with Crippen LogP contribution in [-0.4, -0.2) is 93.6 Å². The number of piperazine rings is 1. The predicted molar refractivity (Wildman–Crippen MR) is 142 cm³/mol. The number of nitrogens with zero attached hydrogens (tertiary/aromatic N) is 7. The number of hydrogen-bond donors (Lipinski definition) is 1. The molecule has 0 radical (unpaired) electrons. The highest BCUT2D eigenvalue weighted by atomic mass is 19.4. The number of likely N-dealkylation sites (N-methyl/N-ethyl adjacent to an activating group) is 1. The van der Waals surface area contributed by atoms with Crippen LogP contribution in [-0.2, 0) is 6.18 Å². The van der Waals surface area contributed by atoms with Crippen molar-refractivity contribution >= 4 is 17.4 Å². The molecule has 2 N–H and O–H groups in total. The number of nitrogens with two attached hydrogens (primary N) is 1. The molecule has 13 heteroatoms. The van der Waals surface area contributed by atoms with Crippen molar-refractivity contribution in [3.8, 4) is 22.5 Å².